The number of phenols is 1. The SMILES string of the molecule is C[C@@H]1c2cccc(O)c2C(=O)C2C(=O)[C@@]3(O)C(=O)C(C(N)=O)C(=O)[C@H](N(C)C)[C@H]3[C@H](OC(=O)CCN3CCCC3)[C@H]21. The summed E-state index contributed by atoms with van der Waals surface area (Å²) < 4.78 is 6.00. The standard InChI is InChI=1S/C29H35N3O9/c1-13-14-7-6-8-15(33)18(14)23(35)19-17(13)25(41-16(34)9-12-32-10-4-5-11-32)21-22(31(2)3)24(36)20(28(30)39)27(38)29(21,40)26(19)37/h6-8,13,17,19-22,25,33,40H,4-5,9-12H2,1-3H3,(H2,30,39)/t13-,17+,19?,20?,21+,22-,25-,29-/m1/s1. The molecule has 1 aromatic rings. The molecule has 3 aliphatic carbocycles. The summed E-state index contributed by atoms with van der Waals surface area (Å²) in [6.45, 7) is 3.79. The Hall–Kier alpha value is -3.48. The predicted molar refractivity (Wildman–Crippen MR) is 142 cm³/mol. The van der Waals surface area contributed by atoms with Crippen LogP contribution in [0, 0.1) is 23.7 Å². The minimum absolute atomic E-state index is 0.0227. The summed E-state index contributed by atoms with van der Waals surface area (Å²) in [6.07, 6.45) is 0.573. The van der Waals surface area contributed by atoms with Crippen molar-refractivity contribution < 1.29 is 43.7 Å². The summed E-state index contributed by atoms with van der Waals surface area (Å²) in [5.41, 5.74) is 2.67. The first-order valence-corrected chi connectivity index (χ1v) is 13.9. The number of hydrogen-bond donors (Lipinski definition) is 3. The van der Waals surface area contributed by atoms with Crippen molar-refractivity contribution in [3.05, 3.63) is 29.3 Å². The number of nitrogens with zero attached hydrogens (tertiary/aromatic N) is 2. The van der Waals surface area contributed by atoms with Gasteiger partial charge in [0.1, 0.15) is 11.9 Å². The number of ether oxygens (including phenoxy) is 1. The number of primary amides is 1. The fourth-order valence-corrected chi connectivity index (χ4v) is 7.53. The number of carbonyl (C=O) groups is 6. The van der Waals surface area contributed by atoms with Crippen LogP contribution in [-0.4, -0.2) is 106 Å². The van der Waals surface area contributed by atoms with E-state index in [1.165, 1.54) is 25.1 Å². The van der Waals surface area contributed by atoms with Crippen LogP contribution in [0.15, 0.2) is 18.2 Å². The zero-order valence-corrected chi connectivity index (χ0v) is 23.2. The molecular formula is C29H35N3O9. The number of hydrogen-bond acceptors (Lipinski definition) is 11. The topological polar surface area (TPSA) is 185 Å². The monoisotopic (exact) mass is 569 g/mol. The van der Waals surface area contributed by atoms with E-state index in [0.29, 0.717) is 12.1 Å². The van der Waals surface area contributed by atoms with Gasteiger partial charge in [0.2, 0.25) is 5.91 Å². The van der Waals surface area contributed by atoms with Crippen LogP contribution in [0.5, 0.6) is 5.75 Å². The molecule has 12 heteroatoms. The fraction of sp³-hybridized carbons (Fsp3) is 0.586. The van der Waals surface area contributed by atoms with Crippen molar-refractivity contribution >= 4 is 35.0 Å². The third-order valence-corrected chi connectivity index (χ3v) is 9.42. The third-order valence-electron chi connectivity index (χ3n) is 9.42. The number of Topliss-reactive ketones (excluding diaryl/α,β-unsaturated/α-hetero) is 4. The lowest BCUT2D eigenvalue weighted by molar-refractivity contribution is -0.205. The van der Waals surface area contributed by atoms with Crippen molar-refractivity contribution in [1.29, 1.82) is 0 Å². The lowest BCUT2D eigenvalue weighted by atomic mass is 9.49. The molecule has 12 nitrogen and oxygen atoms in total. The first-order chi connectivity index (χ1) is 19.3. The van der Waals surface area contributed by atoms with E-state index in [-0.39, 0.29) is 17.7 Å². The molecule has 0 bridgehead atoms. The normalized spacial score (nSPS) is 35.2. The van der Waals surface area contributed by atoms with Crippen LogP contribution in [-0.2, 0) is 28.7 Å². The quantitative estimate of drug-likeness (QED) is 0.295. The number of aliphatic hydroxyl groups is 1. The molecule has 1 aliphatic heterocycles. The molecule has 1 amide bonds. The molecule has 8 atom stereocenters. The highest BCUT2D eigenvalue weighted by Gasteiger charge is 2.74. The summed E-state index contributed by atoms with van der Waals surface area (Å²) in [7, 11) is 2.95. The van der Waals surface area contributed by atoms with Crippen molar-refractivity contribution in [2.75, 3.05) is 33.7 Å². The minimum atomic E-state index is -3.03. The lowest BCUT2D eigenvalue weighted by Crippen LogP contribution is -2.78. The highest BCUT2D eigenvalue weighted by Crippen LogP contribution is 2.55. The summed E-state index contributed by atoms with van der Waals surface area (Å²) in [4.78, 5) is 84.4. The van der Waals surface area contributed by atoms with Crippen molar-refractivity contribution in [3.8, 4) is 5.75 Å². The third kappa shape index (κ3) is 4.31. The summed E-state index contributed by atoms with van der Waals surface area (Å²) >= 11 is 0. The molecule has 5 rings (SSSR count). The van der Waals surface area contributed by atoms with Gasteiger partial charge in [-0.05, 0) is 57.6 Å². The molecule has 4 N–H and O–H groups in total. The number of esters is 1. The molecule has 0 aromatic heterocycles. The average molecular weight is 570 g/mol. The van der Waals surface area contributed by atoms with E-state index >= 15 is 0 Å². The molecule has 3 fully saturated rings. The molecule has 4 aliphatic rings. The van der Waals surface area contributed by atoms with E-state index in [1.807, 2.05) is 0 Å². The van der Waals surface area contributed by atoms with E-state index in [0.717, 1.165) is 25.9 Å². The van der Waals surface area contributed by atoms with Crippen LogP contribution in [0.25, 0.3) is 0 Å². The van der Waals surface area contributed by atoms with Crippen LogP contribution >= 0.6 is 0 Å². The van der Waals surface area contributed by atoms with E-state index < -0.39 is 82.3 Å². The van der Waals surface area contributed by atoms with Crippen LogP contribution in [0.1, 0.15) is 48.0 Å². The number of likely N-dealkylation sites (N-methyl/N-ethyl adjacent to an activating group) is 1. The number of amides is 1. The van der Waals surface area contributed by atoms with Gasteiger partial charge in [-0.15, -0.1) is 0 Å². The largest absolute Gasteiger partial charge is 0.507 e. The second kappa shape index (κ2) is 10.4. The Labute approximate surface area is 236 Å². The van der Waals surface area contributed by atoms with Crippen molar-refractivity contribution in [1.82, 2.24) is 9.80 Å². The maximum absolute atomic E-state index is 14.2. The first kappa shape index (κ1) is 29.0. The van der Waals surface area contributed by atoms with Gasteiger partial charge in [0.05, 0.1) is 29.9 Å². The van der Waals surface area contributed by atoms with Gasteiger partial charge in [-0.25, -0.2) is 0 Å². The van der Waals surface area contributed by atoms with Gasteiger partial charge < -0.3 is 25.6 Å². The highest BCUT2D eigenvalue weighted by atomic mass is 16.5. The second-order valence-corrected chi connectivity index (χ2v) is 11.9. The van der Waals surface area contributed by atoms with Gasteiger partial charge in [-0.1, -0.05) is 19.1 Å². The summed E-state index contributed by atoms with van der Waals surface area (Å²) in [5, 5.41) is 22.6. The maximum Gasteiger partial charge on any atom is 0.307 e. The van der Waals surface area contributed by atoms with Gasteiger partial charge in [0.15, 0.2) is 34.7 Å². The molecule has 1 heterocycles. The average Bonchev–Trinajstić information content (AvgIpc) is 3.42. The Balaban J connectivity index is 1.66. The van der Waals surface area contributed by atoms with E-state index in [2.05, 4.69) is 4.90 Å². The van der Waals surface area contributed by atoms with E-state index in [4.69, 9.17) is 10.5 Å². The molecule has 0 spiro atoms. The summed E-state index contributed by atoms with van der Waals surface area (Å²) in [6, 6.07) is 3.04. The molecule has 1 aromatic carbocycles. The number of carbonyl (C=O) groups excluding carboxylic acids is 6. The number of benzene rings is 1. The molecule has 41 heavy (non-hydrogen) atoms. The van der Waals surface area contributed by atoms with Crippen LogP contribution in [0.4, 0.5) is 0 Å². The van der Waals surface area contributed by atoms with Gasteiger partial charge >= 0.3 is 5.97 Å². The lowest BCUT2D eigenvalue weighted by Gasteiger charge is -2.56. The van der Waals surface area contributed by atoms with E-state index in [1.54, 1.807) is 19.1 Å². The Morgan fingerprint density at radius 3 is 2.39 bits per heavy atom. The first-order valence-electron chi connectivity index (χ1n) is 13.9. The summed E-state index contributed by atoms with van der Waals surface area (Å²) in [5.74, 6) is -13.9. The minimum Gasteiger partial charge on any atom is -0.507 e. The molecule has 220 valence electrons. The van der Waals surface area contributed by atoms with Crippen molar-refractivity contribution in [2.45, 2.75) is 49.9 Å². The predicted octanol–water partition coefficient (Wildman–Crippen LogP) is -0.564. The Kier molecular flexibility index (Phi) is 7.37. The number of likely N-dealkylation sites (tertiary alicyclic amines) is 1. The Morgan fingerprint density at radius 1 is 1.12 bits per heavy atom. The fourth-order valence-electron chi connectivity index (χ4n) is 7.53. The Bertz CT molecular complexity index is 1340. The van der Waals surface area contributed by atoms with Crippen molar-refractivity contribution in [3.63, 3.8) is 0 Å². The van der Waals surface area contributed by atoms with Gasteiger partial charge in [-0.2, -0.15) is 0 Å². The number of fused-ring (bicyclic) bond motifs is 3. The van der Waals surface area contributed by atoms with Crippen LogP contribution < -0.4 is 5.73 Å². The second-order valence-electron chi connectivity index (χ2n) is 11.9. The molecule has 2 saturated carbocycles. The highest BCUT2D eigenvalue weighted by molar-refractivity contribution is 6.32. The van der Waals surface area contributed by atoms with Crippen LogP contribution in [0.3, 0.4) is 0 Å². The van der Waals surface area contributed by atoms with Gasteiger partial charge in [-0.3, -0.25) is 33.7 Å². The smallest absolute Gasteiger partial charge is 0.307 e. The number of aromatic hydroxyl groups is 1. The Morgan fingerprint density at radius 2 is 1.78 bits per heavy atom. The molecule has 2 unspecified atom stereocenters. The number of phenolic OH excluding ortho intramolecular Hbond substituents is 1. The number of rotatable bonds is 6. The molecule has 0 radical (unpaired) electrons. The van der Waals surface area contributed by atoms with Gasteiger partial charge in [0.25, 0.3) is 0 Å². The van der Waals surface area contributed by atoms with E-state index in [9.17, 15) is 39.0 Å². The number of ketones is 4. The van der Waals surface area contributed by atoms with Crippen LogP contribution in [0.2, 0.25) is 0 Å². The maximum atomic E-state index is 14.2. The molecule has 1 saturated heterocycles. The van der Waals surface area contributed by atoms with Crippen molar-refractivity contribution in [2.24, 2.45) is 29.4 Å². The molecular weight excluding hydrogens is 534 g/mol. The zero-order chi connectivity index (χ0) is 30.0. The zero-order valence-electron chi connectivity index (χ0n) is 23.2. The number of nitrogens with two attached hydrogens (primary N) is 1. The van der Waals surface area contributed by atoms with Gasteiger partial charge in [0, 0.05) is 12.5 Å².